The Kier molecular flexibility index (Phi) is 4.81. The summed E-state index contributed by atoms with van der Waals surface area (Å²) in [4.78, 5) is 19.6. The standard InChI is InChI=1S/C19H14F3N3O2/c1-11-9-16(24-15-8-3-2-7-14(15)18(26)27)25-17(23-11)12-5-4-6-13(10-12)19(20,21)22/h2-10H,1H3,(H,26,27)(H,23,24,25)/p-1. The van der Waals surface area contributed by atoms with Crippen LogP contribution in [0.1, 0.15) is 21.6 Å². The fourth-order valence-corrected chi connectivity index (χ4v) is 2.50. The van der Waals surface area contributed by atoms with Crippen molar-refractivity contribution in [3.05, 3.63) is 71.4 Å². The van der Waals surface area contributed by atoms with Gasteiger partial charge in [0.25, 0.3) is 0 Å². The third-order valence-electron chi connectivity index (χ3n) is 3.71. The lowest BCUT2D eigenvalue weighted by Gasteiger charge is -2.13. The lowest BCUT2D eigenvalue weighted by Crippen LogP contribution is -2.23. The first-order valence-electron chi connectivity index (χ1n) is 7.85. The first-order valence-corrected chi connectivity index (χ1v) is 7.85. The molecular formula is C19H13F3N3O2-. The van der Waals surface area contributed by atoms with Gasteiger partial charge in [0, 0.05) is 28.6 Å². The molecule has 0 bridgehead atoms. The van der Waals surface area contributed by atoms with Crippen LogP contribution >= 0.6 is 0 Å². The number of aryl methyl sites for hydroxylation is 1. The average molecular weight is 372 g/mol. The molecule has 1 N–H and O–H groups in total. The summed E-state index contributed by atoms with van der Waals surface area (Å²) < 4.78 is 38.8. The van der Waals surface area contributed by atoms with Gasteiger partial charge in [-0.1, -0.05) is 30.3 Å². The molecule has 1 heterocycles. The number of rotatable bonds is 4. The summed E-state index contributed by atoms with van der Waals surface area (Å²) in [5.41, 5.74) is 0.0949. The van der Waals surface area contributed by atoms with Gasteiger partial charge < -0.3 is 15.2 Å². The van der Waals surface area contributed by atoms with Crippen molar-refractivity contribution in [1.29, 1.82) is 0 Å². The second kappa shape index (κ2) is 7.06. The molecule has 0 aliphatic heterocycles. The van der Waals surface area contributed by atoms with Gasteiger partial charge in [0.1, 0.15) is 5.82 Å². The molecule has 0 spiro atoms. The van der Waals surface area contributed by atoms with Gasteiger partial charge in [0.2, 0.25) is 0 Å². The number of nitrogens with one attached hydrogen (secondary N) is 1. The number of aromatic carboxylic acids is 1. The molecule has 0 unspecified atom stereocenters. The van der Waals surface area contributed by atoms with Gasteiger partial charge >= 0.3 is 6.18 Å². The zero-order chi connectivity index (χ0) is 19.6. The minimum absolute atomic E-state index is 0.0608. The maximum Gasteiger partial charge on any atom is 0.416 e. The van der Waals surface area contributed by atoms with Crippen LogP contribution < -0.4 is 10.4 Å². The fraction of sp³-hybridized carbons (Fsp3) is 0.105. The van der Waals surface area contributed by atoms with Crippen LogP contribution in [-0.2, 0) is 6.18 Å². The summed E-state index contributed by atoms with van der Waals surface area (Å²) >= 11 is 0. The second-order valence-corrected chi connectivity index (χ2v) is 5.75. The van der Waals surface area contributed by atoms with Gasteiger partial charge in [0.15, 0.2) is 5.82 Å². The number of hydrogen-bond donors (Lipinski definition) is 1. The van der Waals surface area contributed by atoms with E-state index in [0.717, 1.165) is 12.1 Å². The summed E-state index contributed by atoms with van der Waals surface area (Å²) in [5.74, 6) is -1.01. The number of para-hydroxylation sites is 1. The first kappa shape index (κ1) is 18.4. The predicted molar refractivity (Wildman–Crippen MR) is 91.3 cm³/mol. The molecule has 0 fully saturated rings. The monoisotopic (exact) mass is 372 g/mol. The van der Waals surface area contributed by atoms with Crippen molar-refractivity contribution >= 4 is 17.5 Å². The largest absolute Gasteiger partial charge is 0.545 e. The molecule has 0 atom stereocenters. The highest BCUT2D eigenvalue weighted by Crippen LogP contribution is 2.32. The molecule has 3 rings (SSSR count). The van der Waals surface area contributed by atoms with E-state index in [9.17, 15) is 23.1 Å². The van der Waals surface area contributed by atoms with E-state index in [-0.39, 0.29) is 28.5 Å². The van der Waals surface area contributed by atoms with E-state index >= 15 is 0 Å². The Balaban J connectivity index is 2.00. The lowest BCUT2D eigenvalue weighted by atomic mass is 10.1. The van der Waals surface area contributed by atoms with Gasteiger partial charge in [-0.2, -0.15) is 13.2 Å². The van der Waals surface area contributed by atoms with Crippen molar-refractivity contribution in [2.24, 2.45) is 0 Å². The molecule has 2 aromatic carbocycles. The van der Waals surface area contributed by atoms with Crippen LogP contribution in [-0.4, -0.2) is 15.9 Å². The number of carboxylic acid groups (broad SMARTS) is 1. The SMILES string of the molecule is Cc1cc(Nc2ccccc2C(=O)[O-])nc(-c2cccc(C(F)(F)F)c2)n1. The number of alkyl halides is 3. The van der Waals surface area contributed by atoms with Crippen LogP contribution in [0.3, 0.4) is 0 Å². The van der Waals surface area contributed by atoms with Crippen LogP contribution in [0.4, 0.5) is 24.7 Å². The molecular weight excluding hydrogens is 359 g/mol. The predicted octanol–water partition coefficient (Wildman–Crippen LogP) is 3.58. The Hall–Kier alpha value is -3.42. The lowest BCUT2D eigenvalue weighted by molar-refractivity contribution is -0.254. The molecule has 0 amide bonds. The number of benzene rings is 2. The Bertz CT molecular complexity index is 1000. The van der Waals surface area contributed by atoms with Crippen LogP contribution in [0.15, 0.2) is 54.6 Å². The third-order valence-corrected chi connectivity index (χ3v) is 3.71. The third kappa shape index (κ3) is 4.22. The molecule has 0 saturated carbocycles. The van der Waals surface area contributed by atoms with Crippen LogP contribution in [0.25, 0.3) is 11.4 Å². The summed E-state index contributed by atoms with van der Waals surface area (Å²) in [6, 6.07) is 12.3. The summed E-state index contributed by atoms with van der Waals surface area (Å²) in [6.45, 7) is 1.66. The molecule has 1 aromatic heterocycles. The molecule has 0 aliphatic carbocycles. The zero-order valence-electron chi connectivity index (χ0n) is 14.0. The van der Waals surface area contributed by atoms with Crippen LogP contribution in [0.5, 0.6) is 0 Å². The van der Waals surface area contributed by atoms with Crippen molar-refractivity contribution in [3.8, 4) is 11.4 Å². The Morgan fingerprint density at radius 1 is 1.04 bits per heavy atom. The van der Waals surface area contributed by atoms with E-state index in [0.29, 0.717) is 5.69 Å². The molecule has 0 aliphatic rings. The molecule has 5 nitrogen and oxygen atoms in total. The topological polar surface area (TPSA) is 77.9 Å². The van der Waals surface area contributed by atoms with E-state index in [1.165, 1.54) is 24.3 Å². The fourth-order valence-electron chi connectivity index (χ4n) is 2.50. The number of halogens is 3. The number of anilines is 2. The normalized spacial score (nSPS) is 11.3. The second-order valence-electron chi connectivity index (χ2n) is 5.75. The average Bonchev–Trinajstić information content (AvgIpc) is 2.61. The van der Waals surface area contributed by atoms with Crippen molar-refractivity contribution in [3.63, 3.8) is 0 Å². The molecule has 0 radical (unpaired) electrons. The molecule has 27 heavy (non-hydrogen) atoms. The maximum atomic E-state index is 12.9. The minimum atomic E-state index is -4.48. The number of aromatic nitrogens is 2. The Morgan fingerprint density at radius 2 is 1.78 bits per heavy atom. The van der Waals surface area contributed by atoms with Gasteiger partial charge in [-0.3, -0.25) is 0 Å². The summed E-state index contributed by atoms with van der Waals surface area (Å²) in [7, 11) is 0. The molecule has 8 heteroatoms. The van der Waals surface area contributed by atoms with E-state index in [1.807, 2.05) is 0 Å². The highest BCUT2D eigenvalue weighted by molar-refractivity contribution is 5.93. The Morgan fingerprint density at radius 3 is 2.48 bits per heavy atom. The van der Waals surface area contributed by atoms with Crippen molar-refractivity contribution in [2.45, 2.75) is 13.1 Å². The molecule has 3 aromatic rings. The highest BCUT2D eigenvalue weighted by Gasteiger charge is 2.30. The number of carbonyl (C=O) groups excluding carboxylic acids is 1. The van der Waals surface area contributed by atoms with Gasteiger partial charge in [-0.15, -0.1) is 0 Å². The number of carboxylic acids is 1. The number of nitrogens with zero attached hydrogens (tertiary/aromatic N) is 2. The quantitative estimate of drug-likeness (QED) is 0.757. The van der Waals surface area contributed by atoms with E-state index in [4.69, 9.17) is 0 Å². The number of hydrogen-bond acceptors (Lipinski definition) is 5. The van der Waals surface area contributed by atoms with Crippen LogP contribution in [0, 0.1) is 6.92 Å². The van der Waals surface area contributed by atoms with Crippen molar-refractivity contribution in [1.82, 2.24) is 9.97 Å². The van der Waals surface area contributed by atoms with Crippen molar-refractivity contribution < 1.29 is 23.1 Å². The van der Waals surface area contributed by atoms with Gasteiger partial charge in [-0.25, -0.2) is 9.97 Å². The number of carbonyl (C=O) groups is 1. The summed E-state index contributed by atoms with van der Waals surface area (Å²) in [5, 5.41) is 14.1. The molecule has 138 valence electrons. The van der Waals surface area contributed by atoms with E-state index in [2.05, 4.69) is 15.3 Å². The maximum absolute atomic E-state index is 12.9. The van der Waals surface area contributed by atoms with Crippen molar-refractivity contribution in [2.75, 3.05) is 5.32 Å². The highest BCUT2D eigenvalue weighted by atomic mass is 19.4. The van der Waals surface area contributed by atoms with Crippen LogP contribution in [0.2, 0.25) is 0 Å². The molecule has 0 saturated heterocycles. The zero-order valence-corrected chi connectivity index (χ0v) is 14.0. The van der Waals surface area contributed by atoms with Gasteiger partial charge in [-0.05, 0) is 25.1 Å². The van der Waals surface area contributed by atoms with E-state index in [1.54, 1.807) is 25.1 Å². The summed E-state index contributed by atoms with van der Waals surface area (Å²) in [6.07, 6.45) is -4.48. The smallest absolute Gasteiger partial charge is 0.416 e. The first-order chi connectivity index (χ1) is 12.7. The minimum Gasteiger partial charge on any atom is -0.545 e. The van der Waals surface area contributed by atoms with Gasteiger partial charge in [0.05, 0.1) is 11.5 Å². The van der Waals surface area contributed by atoms with E-state index < -0.39 is 17.7 Å². The Labute approximate surface area is 152 Å².